The average Bonchev–Trinajstić information content (AvgIpc) is 3.16. The number of ether oxygens (including phenoxy) is 1. The van der Waals surface area contributed by atoms with Gasteiger partial charge in [0.1, 0.15) is 11.5 Å². The van der Waals surface area contributed by atoms with Crippen LogP contribution < -0.4 is 15.4 Å². The van der Waals surface area contributed by atoms with Crippen LogP contribution in [0.3, 0.4) is 0 Å². The van der Waals surface area contributed by atoms with Crippen molar-refractivity contribution in [1.29, 1.82) is 0 Å². The lowest BCUT2D eigenvalue weighted by Crippen LogP contribution is -2.38. The maximum absolute atomic E-state index is 11.9. The van der Waals surface area contributed by atoms with Crippen LogP contribution in [0.5, 0.6) is 5.75 Å². The third-order valence-corrected chi connectivity index (χ3v) is 3.91. The van der Waals surface area contributed by atoms with Crippen LogP contribution in [0.1, 0.15) is 37.5 Å². The first kappa shape index (κ1) is 18.6. The summed E-state index contributed by atoms with van der Waals surface area (Å²) in [6.07, 6.45) is 2.53. The molecule has 0 bridgehead atoms. The van der Waals surface area contributed by atoms with E-state index in [1.165, 1.54) is 6.26 Å². The van der Waals surface area contributed by atoms with Gasteiger partial charge in [-0.15, -0.1) is 0 Å². The summed E-state index contributed by atoms with van der Waals surface area (Å²) in [7, 11) is 0. The fourth-order valence-corrected chi connectivity index (χ4v) is 2.27. The van der Waals surface area contributed by atoms with Gasteiger partial charge in [-0.2, -0.15) is 0 Å². The highest BCUT2D eigenvalue weighted by atomic mass is 16.5. The maximum atomic E-state index is 11.9. The van der Waals surface area contributed by atoms with Gasteiger partial charge in [0.05, 0.1) is 19.4 Å². The van der Waals surface area contributed by atoms with Gasteiger partial charge in [-0.05, 0) is 36.1 Å². The van der Waals surface area contributed by atoms with Crippen molar-refractivity contribution in [2.75, 3.05) is 13.2 Å². The minimum Gasteiger partial charge on any atom is -0.483 e. The number of rotatable bonds is 9. The van der Waals surface area contributed by atoms with Crippen LogP contribution in [-0.4, -0.2) is 25.0 Å². The summed E-state index contributed by atoms with van der Waals surface area (Å²) in [6, 6.07) is 11.2. The summed E-state index contributed by atoms with van der Waals surface area (Å²) in [5, 5.41) is 5.20. The first-order valence-electron chi connectivity index (χ1n) is 8.37. The second-order valence-corrected chi connectivity index (χ2v) is 5.77. The van der Waals surface area contributed by atoms with Crippen molar-refractivity contribution in [1.82, 2.24) is 10.6 Å². The van der Waals surface area contributed by atoms with Gasteiger partial charge in [0.2, 0.25) is 5.91 Å². The Labute approximate surface area is 147 Å². The minimum absolute atomic E-state index is 0.101. The summed E-state index contributed by atoms with van der Waals surface area (Å²) >= 11 is 0. The van der Waals surface area contributed by atoms with E-state index in [2.05, 4.69) is 24.5 Å². The standard InChI is InChI=1S/C19H24N2O4/c1-3-14(2)16-8-4-5-9-17(16)25-13-19(23)21-12-18(22)20-11-15-7-6-10-24-15/h4-10,14H,3,11-13H2,1-2H3,(H,20,22)(H,21,23). The largest absolute Gasteiger partial charge is 0.483 e. The number of para-hydroxylation sites is 1. The second kappa shape index (κ2) is 9.52. The fraction of sp³-hybridized carbons (Fsp3) is 0.368. The Morgan fingerprint density at radius 1 is 1.12 bits per heavy atom. The molecule has 0 saturated heterocycles. The van der Waals surface area contributed by atoms with Crippen molar-refractivity contribution in [2.24, 2.45) is 0 Å². The summed E-state index contributed by atoms with van der Waals surface area (Å²) in [5.74, 6) is 1.09. The number of hydrogen-bond donors (Lipinski definition) is 2. The molecular weight excluding hydrogens is 320 g/mol. The summed E-state index contributed by atoms with van der Waals surface area (Å²) in [4.78, 5) is 23.6. The van der Waals surface area contributed by atoms with Crippen molar-refractivity contribution < 1.29 is 18.7 Å². The number of benzene rings is 1. The van der Waals surface area contributed by atoms with Crippen LogP contribution in [-0.2, 0) is 16.1 Å². The van der Waals surface area contributed by atoms with E-state index in [0.29, 0.717) is 24.0 Å². The van der Waals surface area contributed by atoms with Crippen LogP contribution >= 0.6 is 0 Å². The third kappa shape index (κ3) is 5.99. The Morgan fingerprint density at radius 3 is 2.64 bits per heavy atom. The maximum Gasteiger partial charge on any atom is 0.258 e. The molecule has 2 rings (SSSR count). The summed E-state index contributed by atoms with van der Waals surface area (Å²) in [5.41, 5.74) is 1.08. The Hall–Kier alpha value is -2.76. The van der Waals surface area contributed by atoms with E-state index in [4.69, 9.17) is 9.15 Å². The van der Waals surface area contributed by atoms with Crippen molar-refractivity contribution in [2.45, 2.75) is 32.7 Å². The molecule has 25 heavy (non-hydrogen) atoms. The number of amides is 2. The van der Waals surface area contributed by atoms with E-state index in [1.807, 2.05) is 24.3 Å². The molecule has 0 aliphatic rings. The van der Waals surface area contributed by atoms with E-state index in [9.17, 15) is 9.59 Å². The molecule has 0 radical (unpaired) electrons. The molecule has 134 valence electrons. The van der Waals surface area contributed by atoms with E-state index in [-0.39, 0.29) is 25.0 Å². The number of hydrogen-bond acceptors (Lipinski definition) is 4. The lowest BCUT2D eigenvalue weighted by Gasteiger charge is -2.15. The van der Waals surface area contributed by atoms with Crippen molar-refractivity contribution in [3.05, 3.63) is 54.0 Å². The van der Waals surface area contributed by atoms with Crippen LogP contribution in [0, 0.1) is 0 Å². The zero-order chi connectivity index (χ0) is 18.1. The smallest absolute Gasteiger partial charge is 0.258 e. The molecule has 0 aliphatic heterocycles. The molecule has 1 atom stereocenters. The Bertz CT molecular complexity index is 682. The Kier molecular flexibility index (Phi) is 7.07. The van der Waals surface area contributed by atoms with E-state index >= 15 is 0 Å². The molecule has 2 N–H and O–H groups in total. The Balaban J connectivity index is 1.73. The highest BCUT2D eigenvalue weighted by Crippen LogP contribution is 2.28. The van der Waals surface area contributed by atoms with Crippen LogP contribution in [0.25, 0.3) is 0 Å². The van der Waals surface area contributed by atoms with E-state index in [1.54, 1.807) is 12.1 Å². The first-order valence-corrected chi connectivity index (χ1v) is 8.37. The molecule has 1 aromatic carbocycles. The van der Waals surface area contributed by atoms with Crippen molar-refractivity contribution in [3.8, 4) is 5.75 Å². The number of carbonyl (C=O) groups is 2. The van der Waals surface area contributed by atoms with Crippen molar-refractivity contribution >= 4 is 11.8 Å². The van der Waals surface area contributed by atoms with E-state index in [0.717, 1.165) is 12.0 Å². The molecule has 0 spiro atoms. The topological polar surface area (TPSA) is 80.6 Å². The summed E-state index contributed by atoms with van der Waals surface area (Å²) in [6.45, 7) is 4.29. The highest BCUT2D eigenvalue weighted by Gasteiger charge is 2.11. The Morgan fingerprint density at radius 2 is 1.92 bits per heavy atom. The van der Waals surface area contributed by atoms with Gasteiger partial charge in [0.15, 0.2) is 6.61 Å². The first-order chi connectivity index (χ1) is 12.1. The molecule has 2 amide bonds. The lowest BCUT2D eigenvalue weighted by atomic mass is 9.98. The molecule has 0 saturated carbocycles. The normalized spacial score (nSPS) is 11.6. The van der Waals surface area contributed by atoms with Gasteiger partial charge in [-0.3, -0.25) is 9.59 Å². The second-order valence-electron chi connectivity index (χ2n) is 5.77. The SMILES string of the molecule is CCC(C)c1ccccc1OCC(=O)NCC(=O)NCc1ccco1. The molecular formula is C19H24N2O4. The molecule has 1 heterocycles. The van der Waals surface area contributed by atoms with Gasteiger partial charge >= 0.3 is 0 Å². The molecule has 1 unspecified atom stereocenters. The van der Waals surface area contributed by atoms with Crippen LogP contribution in [0.2, 0.25) is 0 Å². The predicted molar refractivity (Wildman–Crippen MR) is 94.2 cm³/mol. The van der Waals surface area contributed by atoms with Crippen LogP contribution in [0.15, 0.2) is 47.1 Å². The fourth-order valence-electron chi connectivity index (χ4n) is 2.27. The number of carbonyl (C=O) groups excluding carboxylic acids is 2. The molecule has 1 aromatic heterocycles. The lowest BCUT2D eigenvalue weighted by molar-refractivity contribution is -0.127. The minimum atomic E-state index is -0.341. The molecule has 0 aliphatic carbocycles. The van der Waals surface area contributed by atoms with Gasteiger partial charge < -0.3 is 19.8 Å². The zero-order valence-electron chi connectivity index (χ0n) is 14.6. The molecule has 2 aromatic rings. The van der Waals surface area contributed by atoms with E-state index < -0.39 is 0 Å². The zero-order valence-corrected chi connectivity index (χ0v) is 14.6. The third-order valence-electron chi connectivity index (χ3n) is 3.91. The monoisotopic (exact) mass is 344 g/mol. The quantitative estimate of drug-likeness (QED) is 0.733. The van der Waals surface area contributed by atoms with Gasteiger partial charge in [-0.25, -0.2) is 0 Å². The average molecular weight is 344 g/mol. The number of nitrogens with one attached hydrogen (secondary N) is 2. The van der Waals surface area contributed by atoms with Gasteiger partial charge in [-0.1, -0.05) is 32.0 Å². The van der Waals surface area contributed by atoms with Crippen LogP contribution in [0.4, 0.5) is 0 Å². The molecule has 6 heteroatoms. The predicted octanol–water partition coefficient (Wildman–Crippen LogP) is 2.60. The van der Waals surface area contributed by atoms with Gasteiger partial charge in [0.25, 0.3) is 5.91 Å². The molecule has 6 nitrogen and oxygen atoms in total. The number of furan rings is 1. The summed E-state index contributed by atoms with van der Waals surface area (Å²) < 4.78 is 10.7. The highest BCUT2D eigenvalue weighted by molar-refractivity contribution is 5.85. The van der Waals surface area contributed by atoms with Gasteiger partial charge in [0, 0.05) is 0 Å². The van der Waals surface area contributed by atoms with Crippen molar-refractivity contribution in [3.63, 3.8) is 0 Å². The molecule has 0 fully saturated rings.